The van der Waals surface area contributed by atoms with Gasteiger partial charge in [-0.25, -0.2) is 8.78 Å². The van der Waals surface area contributed by atoms with Crippen LogP contribution in [0.15, 0.2) is 48.5 Å². The van der Waals surface area contributed by atoms with Crippen LogP contribution in [0.4, 0.5) is 8.78 Å². The van der Waals surface area contributed by atoms with Crippen LogP contribution in [-0.4, -0.2) is 18.0 Å². The zero-order valence-corrected chi connectivity index (χ0v) is 17.1. The van der Waals surface area contributed by atoms with Gasteiger partial charge in [0.1, 0.15) is 11.6 Å². The van der Waals surface area contributed by atoms with Crippen LogP contribution < -0.4 is 0 Å². The lowest BCUT2D eigenvalue weighted by Crippen LogP contribution is -2.35. The van der Waals surface area contributed by atoms with E-state index >= 15 is 0 Å². The molecule has 0 heterocycles. The van der Waals surface area contributed by atoms with E-state index in [1.165, 1.54) is 23.8 Å². The van der Waals surface area contributed by atoms with E-state index in [0.717, 1.165) is 26.1 Å². The summed E-state index contributed by atoms with van der Waals surface area (Å²) >= 11 is 0. The second-order valence-corrected chi connectivity index (χ2v) is 7.70. The molecule has 0 spiro atoms. The van der Waals surface area contributed by atoms with Gasteiger partial charge in [0.2, 0.25) is 0 Å². The Morgan fingerprint density at radius 1 is 1.00 bits per heavy atom. The van der Waals surface area contributed by atoms with Gasteiger partial charge in [0.25, 0.3) is 0 Å². The molecule has 2 rings (SSSR count). The van der Waals surface area contributed by atoms with Crippen LogP contribution in [-0.2, 0) is 12.0 Å². The van der Waals surface area contributed by atoms with E-state index in [-0.39, 0.29) is 11.5 Å². The van der Waals surface area contributed by atoms with Crippen LogP contribution in [0.2, 0.25) is 0 Å². The molecule has 0 amide bonds. The zero-order chi connectivity index (χ0) is 20.6. The average molecular weight is 385 g/mol. The Bertz CT molecular complexity index is 763. The van der Waals surface area contributed by atoms with Crippen LogP contribution in [0.1, 0.15) is 51.2 Å². The lowest BCUT2D eigenvalue weighted by molar-refractivity contribution is 0.241. The molecule has 0 saturated heterocycles. The Hall–Kier alpha value is -2.25. The third-order valence-corrected chi connectivity index (χ3v) is 5.43. The summed E-state index contributed by atoms with van der Waals surface area (Å²) in [5, 5.41) is 9.96. The molecule has 1 atom stereocenters. The van der Waals surface area contributed by atoms with Crippen LogP contribution in [0.5, 0.6) is 0 Å². The maximum absolute atomic E-state index is 14.5. The average Bonchev–Trinajstić information content (AvgIpc) is 2.67. The third-order valence-electron chi connectivity index (χ3n) is 5.43. The Balaban J connectivity index is 2.16. The van der Waals surface area contributed by atoms with Crippen molar-refractivity contribution in [1.82, 2.24) is 4.90 Å². The van der Waals surface area contributed by atoms with Crippen LogP contribution in [0, 0.1) is 28.9 Å². The molecule has 0 fully saturated rings. The number of nitrogens with zero attached hydrogens (tertiary/aromatic N) is 2. The minimum absolute atomic E-state index is 0.0856. The molecule has 2 aromatic rings. The van der Waals surface area contributed by atoms with Gasteiger partial charge in [-0.05, 0) is 56.0 Å². The lowest BCUT2D eigenvalue weighted by Gasteiger charge is -2.33. The molecular formula is C24H30F2N2. The first-order chi connectivity index (χ1) is 13.4. The highest BCUT2D eigenvalue weighted by Crippen LogP contribution is 2.39. The minimum Gasteiger partial charge on any atom is -0.299 e. The monoisotopic (exact) mass is 384 g/mol. The molecule has 2 aromatic carbocycles. The van der Waals surface area contributed by atoms with Gasteiger partial charge in [-0.1, -0.05) is 57.2 Å². The zero-order valence-electron chi connectivity index (χ0n) is 17.1. The summed E-state index contributed by atoms with van der Waals surface area (Å²) in [6.07, 6.45) is 2.16. The second-order valence-electron chi connectivity index (χ2n) is 7.70. The number of hydrogen-bond donors (Lipinski definition) is 0. The smallest absolute Gasteiger partial charge is 0.130 e. The van der Waals surface area contributed by atoms with Gasteiger partial charge in [0, 0.05) is 12.1 Å². The predicted octanol–water partition coefficient (Wildman–Crippen LogP) is 6.07. The van der Waals surface area contributed by atoms with Crippen LogP contribution >= 0.6 is 0 Å². The van der Waals surface area contributed by atoms with Crippen LogP contribution in [0.3, 0.4) is 0 Å². The van der Waals surface area contributed by atoms with Gasteiger partial charge >= 0.3 is 0 Å². The summed E-state index contributed by atoms with van der Waals surface area (Å²) in [6, 6.07) is 16.4. The summed E-state index contributed by atoms with van der Waals surface area (Å²) in [7, 11) is 0. The van der Waals surface area contributed by atoms with E-state index < -0.39 is 17.0 Å². The van der Waals surface area contributed by atoms with Crippen molar-refractivity contribution >= 4 is 0 Å². The largest absolute Gasteiger partial charge is 0.299 e. The summed E-state index contributed by atoms with van der Waals surface area (Å²) < 4.78 is 29.0. The molecule has 0 aliphatic heterocycles. The standard InChI is InChI=1S/C24H30F2N2/c1-4-15-28(17-20-10-6-5-7-11-20)16-9-14-24(18-27,19(2)3)23-21(25)12-8-13-22(23)26/h5-8,10-13,19H,4,9,14-17H2,1-3H3. The Morgan fingerprint density at radius 2 is 1.64 bits per heavy atom. The molecule has 0 aliphatic carbocycles. The predicted molar refractivity (Wildman–Crippen MR) is 110 cm³/mol. The molecule has 2 nitrogen and oxygen atoms in total. The van der Waals surface area contributed by atoms with Gasteiger partial charge in [-0.2, -0.15) is 5.26 Å². The van der Waals surface area contributed by atoms with Crippen molar-refractivity contribution in [2.45, 2.75) is 52.0 Å². The van der Waals surface area contributed by atoms with Crippen molar-refractivity contribution in [2.75, 3.05) is 13.1 Å². The highest BCUT2D eigenvalue weighted by Gasteiger charge is 2.40. The number of benzene rings is 2. The Morgan fingerprint density at radius 3 is 2.18 bits per heavy atom. The SMILES string of the molecule is CCCN(CCCC(C#N)(c1c(F)cccc1F)C(C)C)Cc1ccccc1. The van der Waals surface area contributed by atoms with Gasteiger partial charge in [0.05, 0.1) is 11.5 Å². The molecule has 1 unspecified atom stereocenters. The third kappa shape index (κ3) is 5.17. The van der Waals surface area contributed by atoms with Crippen molar-refractivity contribution < 1.29 is 8.78 Å². The summed E-state index contributed by atoms with van der Waals surface area (Å²) in [6.45, 7) is 8.44. The molecule has 0 bridgehead atoms. The topological polar surface area (TPSA) is 27.0 Å². The van der Waals surface area contributed by atoms with Crippen molar-refractivity contribution in [2.24, 2.45) is 5.92 Å². The summed E-state index contributed by atoms with van der Waals surface area (Å²) in [5.74, 6) is -1.47. The van der Waals surface area contributed by atoms with Gasteiger partial charge < -0.3 is 0 Å². The number of hydrogen-bond acceptors (Lipinski definition) is 2. The van der Waals surface area contributed by atoms with Crippen molar-refractivity contribution in [3.63, 3.8) is 0 Å². The van der Waals surface area contributed by atoms with E-state index in [2.05, 4.69) is 30.0 Å². The number of nitriles is 1. The van der Waals surface area contributed by atoms with E-state index in [9.17, 15) is 14.0 Å². The van der Waals surface area contributed by atoms with E-state index in [1.807, 2.05) is 32.0 Å². The summed E-state index contributed by atoms with van der Waals surface area (Å²) in [5.41, 5.74) is -0.0100. The molecule has 28 heavy (non-hydrogen) atoms. The number of rotatable bonds is 10. The second kappa shape index (κ2) is 10.3. The van der Waals surface area contributed by atoms with E-state index in [1.54, 1.807) is 0 Å². The highest BCUT2D eigenvalue weighted by atomic mass is 19.1. The fourth-order valence-corrected chi connectivity index (χ4v) is 3.88. The maximum Gasteiger partial charge on any atom is 0.130 e. The van der Waals surface area contributed by atoms with Gasteiger partial charge in [-0.3, -0.25) is 4.90 Å². The molecule has 0 saturated carbocycles. The molecular weight excluding hydrogens is 354 g/mol. The van der Waals surface area contributed by atoms with Crippen molar-refractivity contribution in [3.05, 3.63) is 71.3 Å². The molecule has 4 heteroatoms. The first-order valence-corrected chi connectivity index (χ1v) is 10.1. The van der Waals surface area contributed by atoms with Gasteiger partial charge in [0.15, 0.2) is 0 Å². The normalized spacial score (nSPS) is 13.5. The van der Waals surface area contributed by atoms with E-state index in [4.69, 9.17) is 0 Å². The maximum atomic E-state index is 14.5. The first-order valence-electron chi connectivity index (χ1n) is 10.1. The van der Waals surface area contributed by atoms with Crippen molar-refractivity contribution in [3.8, 4) is 6.07 Å². The molecule has 0 N–H and O–H groups in total. The van der Waals surface area contributed by atoms with E-state index in [0.29, 0.717) is 12.8 Å². The Kier molecular flexibility index (Phi) is 8.14. The van der Waals surface area contributed by atoms with Crippen molar-refractivity contribution in [1.29, 1.82) is 5.26 Å². The molecule has 150 valence electrons. The molecule has 0 aromatic heterocycles. The fourth-order valence-electron chi connectivity index (χ4n) is 3.88. The fraction of sp³-hybridized carbons (Fsp3) is 0.458. The lowest BCUT2D eigenvalue weighted by atomic mass is 9.69. The van der Waals surface area contributed by atoms with Crippen LogP contribution in [0.25, 0.3) is 0 Å². The molecule has 0 aliphatic rings. The van der Waals surface area contributed by atoms with Gasteiger partial charge in [-0.15, -0.1) is 0 Å². The quantitative estimate of drug-likeness (QED) is 0.497. The highest BCUT2D eigenvalue weighted by molar-refractivity contribution is 5.36. The first kappa shape index (κ1) is 22.0. The molecule has 0 radical (unpaired) electrons. The summed E-state index contributed by atoms with van der Waals surface area (Å²) in [4.78, 5) is 2.34. The number of halogens is 2. The minimum atomic E-state index is -1.17. The Labute approximate surface area is 167 Å².